The van der Waals surface area contributed by atoms with Crippen LogP contribution >= 0.6 is 11.8 Å². The van der Waals surface area contributed by atoms with Gasteiger partial charge in [-0.3, -0.25) is 0 Å². The topological polar surface area (TPSA) is 20.2 Å². The van der Waals surface area contributed by atoms with Crippen LogP contribution in [0.1, 0.15) is 22.3 Å². The molecule has 0 aliphatic rings. The van der Waals surface area contributed by atoms with Crippen LogP contribution in [0, 0.1) is 13.8 Å². The van der Waals surface area contributed by atoms with Gasteiger partial charge >= 0.3 is 6.18 Å². The zero-order valence-electron chi connectivity index (χ0n) is 12.5. The van der Waals surface area contributed by atoms with E-state index in [1.54, 1.807) is 25.3 Å². The number of rotatable bonds is 3. The van der Waals surface area contributed by atoms with Crippen molar-refractivity contribution in [2.45, 2.75) is 30.5 Å². The molecule has 0 aliphatic heterocycles. The summed E-state index contributed by atoms with van der Waals surface area (Å²) < 4.78 is 41.3. The molecule has 0 spiro atoms. The highest BCUT2D eigenvalue weighted by atomic mass is 32.2. The molecule has 22 heavy (non-hydrogen) atoms. The van der Waals surface area contributed by atoms with Crippen LogP contribution in [-0.2, 0) is 5.60 Å². The lowest BCUT2D eigenvalue weighted by Crippen LogP contribution is -2.43. The van der Waals surface area contributed by atoms with Crippen LogP contribution in [0.25, 0.3) is 0 Å². The predicted octanol–water partition coefficient (Wildman–Crippen LogP) is 4.82. The summed E-state index contributed by atoms with van der Waals surface area (Å²) in [6, 6.07) is 10.3. The fraction of sp³-hybridized carbons (Fsp3) is 0.294. The molecule has 118 valence electrons. The van der Waals surface area contributed by atoms with E-state index in [-0.39, 0.29) is 11.1 Å². The molecule has 0 bridgehead atoms. The number of benzene rings is 2. The molecular formula is C17H17F3OS. The van der Waals surface area contributed by atoms with Gasteiger partial charge in [0.05, 0.1) is 0 Å². The zero-order valence-corrected chi connectivity index (χ0v) is 13.3. The number of thioether (sulfide) groups is 1. The maximum atomic E-state index is 13.8. The Morgan fingerprint density at radius 1 is 0.955 bits per heavy atom. The van der Waals surface area contributed by atoms with E-state index in [0.717, 1.165) is 5.56 Å². The summed E-state index contributed by atoms with van der Waals surface area (Å²) in [7, 11) is 0. The molecule has 0 aromatic heterocycles. The van der Waals surface area contributed by atoms with Crippen molar-refractivity contribution in [2.75, 3.05) is 6.26 Å². The van der Waals surface area contributed by atoms with Crippen molar-refractivity contribution < 1.29 is 18.3 Å². The molecule has 2 aromatic rings. The number of halogens is 3. The first-order valence-corrected chi connectivity index (χ1v) is 7.94. The number of aliphatic hydroxyl groups is 1. The molecule has 1 unspecified atom stereocenters. The van der Waals surface area contributed by atoms with Crippen LogP contribution in [0.3, 0.4) is 0 Å². The van der Waals surface area contributed by atoms with E-state index >= 15 is 0 Å². The van der Waals surface area contributed by atoms with E-state index in [1.807, 2.05) is 6.92 Å². The first-order valence-electron chi connectivity index (χ1n) is 6.72. The third-order valence-corrected chi connectivity index (χ3v) is 4.59. The largest absolute Gasteiger partial charge is 0.425 e. The third-order valence-electron chi connectivity index (χ3n) is 3.81. The second-order valence-corrected chi connectivity index (χ2v) is 6.06. The van der Waals surface area contributed by atoms with Gasteiger partial charge in [-0.05, 0) is 42.9 Å². The average molecular weight is 326 g/mol. The van der Waals surface area contributed by atoms with Gasteiger partial charge in [0.1, 0.15) is 0 Å². The lowest BCUT2D eigenvalue weighted by molar-refractivity contribution is -0.249. The molecule has 5 heteroatoms. The average Bonchev–Trinajstić information content (AvgIpc) is 2.48. The van der Waals surface area contributed by atoms with Crippen molar-refractivity contribution >= 4 is 11.8 Å². The Morgan fingerprint density at radius 3 is 2.00 bits per heavy atom. The minimum atomic E-state index is -4.82. The number of hydrogen-bond donors (Lipinski definition) is 1. The van der Waals surface area contributed by atoms with Crippen LogP contribution in [0.4, 0.5) is 13.2 Å². The first kappa shape index (κ1) is 16.9. The summed E-state index contributed by atoms with van der Waals surface area (Å²) in [5, 5.41) is 10.7. The van der Waals surface area contributed by atoms with Crippen molar-refractivity contribution in [1.82, 2.24) is 0 Å². The quantitative estimate of drug-likeness (QED) is 0.816. The minimum Gasteiger partial charge on any atom is -0.372 e. The van der Waals surface area contributed by atoms with Gasteiger partial charge in [-0.1, -0.05) is 36.4 Å². The normalized spacial score (nSPS) is 14.7. The second-order valence-electron chi connectivity index (χ2n) is 5.21. The van der Waals surface area contributed by atoms with Crippen LogP contribution in [0.5, 0.6) is 0 Å². The number of aryl methyl sites for hydroxylation is 2. The molecule has 0 heterocycles. The van der Waals surface area contributed by atoms with E-state index in [4.69, 9.17) is 0 Å². The Balaban J connectivity index is 2.80. The Hall–Kier alpha value is -1.46. The van der Waals surface area contributed by atoms with Crippen molar-refractivity contribution in [3.8, 4) is 0 Å². The minimum absolute atomic E-state index is 0.123. The highest BCUT2D eigenvalue weighted by molar-refractivity contribution is 7.98. The fourth-order valence-electron chi connectivity index (χ4n) is 2.39. The summed E-state index contributed by atoms with van der Waals surface area (Å²) >= 11 is 1.20. The van der Waals surface area contributed by atoms with Gasteiger partial charge in [0.15, 0.2) is 0 Å². The van der Waals surface area contributed by atoms with Gasteiger partial charge in [0, 0.05) is 10.5 Å². The highest BCUT2D eigenvalue weighted by Crippen LogP contribution is 2.47. The summed E-state index contributed by atoms with van der Waals surface area (Å²) in [6.07, 6.45) is -3.12. The Morgan fingerprint density at radius 2 is 1.50 bits per heavy atom. The van der Waals surface area contributed by atoms with E-state index in [2.05, 4.69) is 0 Å². The fourth-order valence-corrected chi connectivity index (χ4v) is 3.11. The molecule has 0 fully saturated rings. The molecule has 0 saturated carbocycles. The molecule has 0 aliphatic carbocycles. The Bertz CT molecular complexity index is 668. The van der Waals surface area contributed by atoms with Crippen LogP contribution < -0.4 is 0 Å². The molecular weight excluding hydrogens is 309 g/mol. The smallest absolute Gasteiger partial charge is 0.372 e. The van der Waals surface area contributed by atoms with Crippen molar-refractivity contribution in [3.63, 3.8) is 0 Å². The van der Waals surface area contributed by atoms with E-state index in [9.17, 15) is 18.3 Å². The van der Waals surface area contributed by atoms with E-state index < -0.39 is 11.8 Å². The van der Waals surface area contributed by atoms with Gasteiger partial charge in [-0.2, -0.15) is 13.2 Å². The van der Waals surface area contributed by atoms with Gasteiger partial charge in [-0.15, -0.1) is 11.8 Å². The molecule has 0 radical (unpaired) electrons. The Kier molecular flexibility index (Phi) is 4.59. The van der Waals surface area contributed by atoms with Crippen LogP contribution in [0.15, 0.2) is 47.4 Å². The summed E-state index contributed by atoms with van der Waals surface area (Å²) in [6.45, 7) is 3.58. The molecule has 1 N–H and O–H groups in total. The Labute approximate surface area is 132 Å². The number of alkyl halides is 3. The summed E-state index contributed by atoms with van der Waals surface area (Å²) in [5.74, 6) is 0. The maximum Gasteiger partial charge on any atom is 0.425 e. The monoisotopic (exact) mass is 326 g/mol. The van der Waals surface area contributed by atoms with Crippen molar-refractivity contribution in [2.24, 2.45) is 0 Å². The molecule has 1 atom stereocenters. The number of hydrogen-bond acceptors (Lipinski definition) is 2. The van der Waals surface area contributed by atoms with Crippen LogP contribution in [-0.4, -0.2) is 17.5 Å². The standard InChI is InChI=1S/C17H17F3OS/c1-11-9-14(15(22-3)10-12(11)2)16(21,17(18,19)20)13-7-5-4-6-8-13/h4-10,21H,1-3H3. The van der Waals surface area contributed by atoms with Gasteiger partial charge < -0.3 is 5.11 Å². The molecule has 2 rings (SSSR count). The molecule has 0 saturated heterocycles. The van der Waals surface area contributed by atoms with Gasteiger partial charge in [-0.25, -0.2) is 0 Å². The lowest BCUT2D eigenvalue weighted by atomic mass is 9.84. The highest BCUT2D eigenvalue weighted by Gasteiger charge is 2.57. The first-order chi connectivity index (χ1) is 10.2. The van der Waals surface area contributed by atoms with E-state index in [0.29, 0.717) is 10.5 Å². The van der Waals surface area contributed by atoms with Crippen molar-refractivity contribution in [1.29, 1.82) is 0 Å². The summed E-state index contributed by atoms with van der Waals surface area (Å²) in [4.78, 5) is 0.423. The lowest BCUT2D eigenvalue weighted by Gasteiger charge is -2.33. The maximum absolute atomic E-state index is 13.8. The van der Waals surface area contributed by atoms with E-state index in [1.165, 1.54) is 42.1 Å². The molecule has 0 amide bonds. The summed E-state index contributed by atoms with van der Waals surface area (Å²) in [5.41, 5.74) is -1.72. The van der Waals surface area contributed by atoms with Gasteiger partial charge in [0.2, 0.25) is 5.60 Å². The van der Waals surface area contributed by atoms with Crippen molar-refractivity contribution in [3.05, 3.63) is 64.7 Å². The molecule has 1 nitrogen and oxygen atoms in total. The zero-order chi connectivity index (χ0) is 16.5. The molecule has 2 aromatic carbocycles. The second kappa shape index (κ2) is 5.97. The van der Waals surface area contributed by atoms with Gasteiger partial charge in [0.25, 0.3) is 0 Å². The SMILES string of the molecule is CSc1cc(C)c(C)cc1C(O)(c1ccccc1)C(F)(F)F. The third kappa shape index (κ3) is 2.75. The predicted molar refractivity (Wildman–Crippen MR) is 83.2 cm³/mol. The van der Waals surface area contributed by atoms with Crippen LogP contribution in [0.2, 0.25) is 0 Å².